The second-order valence-corrected chi connectivity index (χ2v) is 7.03. The van der Waals surface area contributed by atoms with Gasteiger partial charge in [0.1, 0.15) is 0 Å². The molecule has 1 unspecified atom stereocenters. The van der Waals surface area contributed by atoms with Crippen LogP contribution < -0.4 is 33.2 Å². The Kier molecular flexibility index (Phi) is 11.8. The van der Waals surface area contributed by atoms with Gasteiger partial charge in [-0.2, -0.15) is 0 Å². The summed E-state index contributed by atoms with van der Waals surface area (Å²) in [6.45, 7) is 2.00. The molecule has 3 atom stereocenters. The topological polar surface area (TPSA) is 222 Å². The van der Waals surface area contributed by atoms with Gasteiger partial charge in [0.15, 0.2) is 23.8 Å². The Morgan fingerprint density at radius 2 is 1.56 bits per heavy atom. The van der Waals surface area contributed by atoms with Crippen LogP contribution in [0, 0.1) is 10.8 Å². The second kappa shape index (κ2) is 14.4. The molecular weight excluding hydrogens is 416 g/mol. The Hall–Kier alpha value is -3.67. The molecule has 0 saturated heterocycles. The quantitative estimate of drug-likeness (QED) is 0.0909. The van der Waals surface area contributed by atoms with Crippen molar-refractivity contribution in [3.8, 4) is 0 Å². The van der Waals surface area contributed by atoms with Crippen molar-refractivity contribution in [1.82, 2.24) is 16.0 Å². The molecule has 1 aromatic rings. The van der Waals surface area contributed by atoms with E-state index in [1.54, 1.807) is 30.3 Å². The molecule has 12 nitrogen and oxygen atoms in total. The number of carbonyl (C=O) groups excluding carboxylic acids is 3. The maximum atomic E-state index is 13.2. The van der Waals surface area contributed by atoms with Crippen molar-refractivity contribution in [2.45, 2.75) is 43.9 Å². The first-order chi connectivity index (χ1) is 15.3. The maximum absolute atomic E-state index is 13.2. The molecule has 32 heavy (non-hydrogen) atoms. The van der Waals surface area contributed by atoms with Crippen molar-refractivity contribution in [1.29, 1.82) is 10.8 Å². The molecule has 0 aliphatic carbocycles. The summed E-state index contributed by atoms with van der Waals surface area (Å²) in [4.78, 5) is 36.6. The largest absolute Gasteiger partial charge is 0.441 e. The van der Waals surface area contributed by atoms with E-state index in [2.05, 4.69) is 16.0 Å². The SMILES string of the molecule is N=C(N)NCCC[C@H](NC(=O)[C@@H](N)CCCNC(=N)N)C(=O)C(O[C]=O)c1ccccc1. The number of ether oxygens (including phenoxy) is 1. The molecule has 1 rings (SSSR count). The zero-order chi connectivity index (χ0) is 23.9. The van der Waals surface area contributed by atoms with Crippen molar-refractivity contribution in [3.05, 3.63) is 35.9 Å². The molecule has 1 amide bonds. The number of amides is 1. The van der Waals surface area contributed by atoms with E-state index in [-0.39, 0.29) is 18.3 Å². The van der Waals surface area contributed by atoms with Crippen molar-refractivity contribution < 1.29 is 19.1 Å². The number of hydrogen-bond acceptors (Lipinski definition) is 7. The van der Waals surface area contributed by atoms with E-state index in [9.17, 15) is 14.4 Å². The van der Waals surface area contributed by atoms with Gasteiger partial charge in [0, 0.05) is 18.7 Å². The van der Waals surface area contributed by atoms with Gasteiger partial charge in [0.25, 0.3) is 0 Å². The van der Waals surface area contributed by atoms with Crippen LogP contribution in [0.5, 0.6) is 0 Å². The Morgan fingerprint density at radius 1 is 1.00 bits per heavy atom. The number of benzene rings is 1. The van der Waals surface area contributed by atoms with Crippen molar-refractivity contribution in [2.24, 2.45) is 17.2 Å². The highest BCUT2D eigenvalue weighted by Gasteiger charge is 2.31. The number of carbonyl (C=O) groups is 2. The molecule has 0 aliphatic heterocycles. The van der Waals surface area contributed by atoms with Crippen LogP contribution in [0.1, 0.15) is 37.4 Å². The van der Waals surface area contributed by atoms with Gasteiger partial charge < -0.3 is 37.9 Å². The van der Waals surface area contributed by atoms with Gasteiger partial charge in [0.05, 0.1) is 12.1 Å². The lowest BCUT2D eigenvalue weighted by molar-refractivity contribution is -0.133. The zero-order valence-electron chi connectivity index (χ0n) is 17.7. The van der Waals surface area contributed by atoms with Crippen LogP contribution >= 0.6 is 0 Å². The van der Waals surface area contributed by atoms with Crippen LogP contribution in [-0.2, 0) is 19.1 Å². The minimum atomic E-state index is -1.24. The fourth-order valence-corrected chi connectivity index (χ4v) is 2.92. The maximum Gasteiger partial charge on any atom is 0.418 e. The first-order valence-electron chi connectivity index (χ1n) is 10.1. The molecule has 0 heterocycles. The van der Waals surface area contributed by atoms with Crippen molar-refractivity contribution in [3.63, 3.8) is 0 Å². The van der Waals surface area contributed by atoms with E-state index >= 15 is 0 Å². The normalized spacial score (nSPS) is 13.2. The highest BCUT2D eigenvalue weighted by Crippen LogP contribution is 2.20. The molecule has 12 heteroatoms. The van der Waals surface area contributed by atoms with Gasteiger partial charge in [-0.25, -0.2) is 4.79 Å². The van der Waals surface area contributed by atoms with Crippen LogP contribution in [0.15, 0.2) is 30.3 Å². The zero-order valence-corrected chi connectivity index (χ0v) is 17.7. The smallest absolute Gasteiger partial charge is 0.418 e. The van der Waals surface area contributed by atoms with Crippen LogP contribution in [0.25, 0.3) is 0 Å². The lowest BCUT2D eigenvalue weighted by atomic mass is 9.96. The Balaban J connectivity index is 2.86. The third-order valence-electron chi connectivity index (χ3n) is 4.52. The molecule has 1 radical (unpaired) electrons. The summed E-state index contributed by atoms with van der Waals surface area (Å²) < 4.78 is 4.91. The summed E-state index contributed by atoms with van der Waals surface area (Å²) in [5, 5.41) is 22.2. The molecule has 0 aromatic heterocycles. The van der Waals surface area contributed by atoms with E-state index in [1.807, 2.05) is 0 Å². The fraction of sp³-hybridized carbons (Fsp3) is 0.450. The van der Waals surface area contributed by atoms with Crippen LogP contribution in [0.3, 0.4) is 0 Å². The minimum Gasteiger partial charge on any atom is -0.441 e. The summed E-state index contributed by atoms with van der Waals surface area (Å²) in [5.41, 5.74) is 16.8. The highest BCUT2D eigenvalue weighted by atomic mass is 16.5. The first kappa shape index (κ1) is 26.4. The fourth-order valence-electron chi connectivity index (χ4n) is 2.92. The molecule has 0 aliphatic rings. The average Bonchev–Trinajstić information content (AvgIpc) is 2.76. The highest BCUT2D eigenvalue weighted by molar-refractivity contribution is 5.94. The van der Waals surface area contributed by atoms with Crippen molar-refractivity contribution in [2.75, 3.05) is 13.1 Å². The predicted molar refractivity (Wildman–Crippen MR) is 119 cm³/mol. The molecule has 11 N–H and O–H groups in total. The molecule has 175 valence electrons. The lowest BCUT2D eigenvalue weighted by Gasteiger charge is -2.24. The molecule has 0 saturated carbocycles. The van der Waals surface area contributed by atoms with Gasteiger partial charge in [-0.15, -0.1) is 0 Å². The minimum absolute atomic E-state index is 0.174. The molecular formula is C20H31N8O4. The van der Waals surface area contributed by atoms with Crippen molar-refractivity contribution >= 4 is 30.1 Å². The monoisotopic (exact) mass is 447 g/mol. The number of rotatable bonds is 15. The number of nitrogens with two attached hydrogens (primary N) is 3. The number of Topliss-reactive ketones (excluding diaryl/α,β-unsaturated/α-hetero) is 1. The number of guanidine groups is 2. The summed E-state index contributed by atoms with van der Waals surface area (Å²) in [5.74, 6) is -1.44. The van der Waals surface area contributed by atoms with Gasteiger partial charge in [-0.1, -0.05) is 30.3 Å². The predicted octanol–water partition coefficient (Wildman–Crippen LogP) is -1.28. The average molecular weight is 448 g/mol. The third kappa shape index (κ3) is 9.89. The van der Waals surface area contributed by atoms with Crippen LogP contribution in [0.4, 0.5) is 0 Å². The molecule has 0 bridgehead atoms. The summed E-state index contributed by atoms with van der Waals surface area (Å²) >= 11 is 0. The lowest BCUT2D eigenvalue weighted by Crippen LogP contribution is -2.50. The summed E-state index contributed by atoms with van der Waals surface area (Å²) in [6, 6.07) is 6.52. The second-order valence-electron chi connectivity index (χ2n) is 7.03. The Labute approximate surface area is 186 Å². The Morgan fingerprint density at radius 3 is 2.09 bits per heavy atom. The first-order valence-corrected chi connectivity index (χ1v) is 10.1. The number of nitrogens with one attached hydrogen (secondary N) is 5. The number of ketones is 1. The van der Waals surface area contributed by atoms with E-state index in [1.165, 1.54) is 6.47 Å². The molecule has 0 spiro atoms. The van der Waals surface area contributed by atoms with E-state index in [0.29, 0.717) is 37.9 Å². The third-order valence-corrected chi connectivity index (χ3v) is 4.52. The van der Waals surface area contributed by atoms with E-state index < -0.39 is 29.9 Å². The summed E-state index contributed by atoms with van der Waals surface area (Å²) in [6.07, 6.45) is 0.163. The van der Waals surface area contributed by atoms with Gasteiger partial charge >= 0.3 is 6.47 Å². The summed E-state index contributed by atoms with van der Waals surface area (Å²) in [7, 11) is 0. The Bertz CT molecular complexity index is 774. The van der Waals surface area contributed by atoms with E-state index in [4.69, 9.17) is 32.8 Å². The molecule has 1 aromatic carbocycles. The van der Waals surface area contributed by atoms with Gasteiger partial charge in [-0.05, 0) is 25.7 Å². The van der Waals surface area contributed by atoms with E-state index in [0.717, 1.165) is 0 Å². The standard InChI is InChI=1S/C20H31N8O4/c21-14(8-4-10-26-19(22)23)18(31)28-15(9-5-11-27-20(24)25)16(30)17(32-12-29)13-6-2-1-3-7-13/h1-3,6-7,14-15,17H,4-5,8-11,21H2,(H,28,31)(H4,22,23,26)(H4,24,25,27)/t14-,15-,17?/m0/s1. The van der Waals surface area contributed by atoms with Crippen LogP contribution in [0.2, 0.25) is 0 Å². The van der Waals surface area contributed by atoms with Gasteiger partial charge in [0.2, 0.25) is 5.91 Å². The van der Waals surface area contributed by atoms with Gasteiger partial charge in [-0.3, -0.25) is 20.4 Å². The number of hydrogen-bond donors (Lipinski definition) is 8. The molecule has 0 fully saturated rings. The van der Waals surface area contributed by atoms with Crippen LogP contribution in [-0.4, -0.2) is 55.3 Å².